The van der Waals surface area contributed by atoms with Gasteiger partial charge in [0.1, 0.15) is 6.61 Å². The molecule has 1 aromatic carbocycles. The molecule has 0 saturated carbocycles. The monoisotopic (exact) mass is 262 g/mol. The molecule has 0 atom stereocenters. The second-order valence-electron chi connectivity index (χ2n) is 3.84. The van der Waals surface area contributed by atoms with Crippen LogP contribution in [0.4, 0.5) is 4.79 Å². The zero-order valence-corrected chi connectivity index (χ0v) is 10.9. The minimum atomic E-state index is -0.413. The quantitative estimate of drug-likeness (QED) is 0.921. The number of aryl methyl sites for hydroxylation is 1. The van der Waals surface area contributed by atoms with E-state index in [9.17, 15) is 4.79 Å². The van der Waals surface area contributed by atoms with Gasteiger partial charge in [-0.05, 0) is 24.0 Å². The topological polar surface area (TPSA) is 51.2 Å². The average molecular weight is 262 g/mol. The molecular formula is C13H14N2O2S. The maximum absolute atomic E-state index is 11.5. The molecule has 0 aliphatic heterocycles. The van der Waals surface area contributed by atoms with Crippen LogP contribution in [0.5, 0.6) is 0 Å². The number of nitrogens with zero attached hydrogens (tertiary/aromatic N) is 1. The molecule has 94 valence electrons. The zero-order valence-electron chi connectivity index (χ0n) is 10.1. The summed E-state index contributed by atoms with van der Waals surface area (Å²) in [5, 5.41) is 4.63. The normalized spacial score (nSPS) is 10.1. The lowest BCUT2D eigenvalue weighted by atomic mass is 10.2. The summed E-state index contributed by atoms with van der Waals surface area (Å²) in [6.07, 6.45) is -0.413. The van der Waals surface area contributed by atoms with Gasteiger partial charge in [-0.1, -0.05) is 30.3 Å². The molecule has 0 unspecified atom stereocenters. The van der Waals surface area contributed by atoms with E-state index in [4.69, 9.17) is 4.74 Å². The summed E-state index contributed by atoms with van der Waals surface area (Å²) in [5.41, 5.74) is 2.95. The largest absolute Gasteiger partial charge is 0.445 e. The molecule has 0 radical (unpaired) electrons. The van der Waals surface area contributed by atoms with E-state index >= 15 is 0 Å². The van der Waals surface area contributed by atoms with E-state index in [1.165, 1.54) is 11.5 Å². The van der Waals surface area contributed by atoms with Gasteiger partial charge >= 0.3 is 6.09 Å². The molecule has 0 fully saturated rings. The van der Waals surface area contributed by atoms with Crippen molar-refractivity contribution < 1.29 is 9.53 Å². The number of ether oxygens (including phenoxy) is 1. The van der Waals surface area contributed by atoms with Gasteiger partial charge in [0.2, 0.25) is 0 Å². The molecule has 1 aromatic heterocycles. The maximum Gasteiger partial charge on any atom is 0.407 e. The number of amides is 1. The molecule has 2 rings (SSSR count). The Hall–Kier alpha value is -1.88. The van der Waals surface area contributed by atoms with Crippen molar-refractivity contribution in [2.45, 2.75) is 20.1 Å². The second kappa shape index (κ2) is 6.16. The number of hydrogen-bond donors (Lipinski definition) is 1. The first-order valence-corrected chi connectivity index (χ1v) is 6.44. The Morgan fingerprint density at radius 2 is 2.17 bits per heavy atom. The molecule has 0 saturated heterocycles. The van der Waals surface area contributed by atoms with Crippen LogP contribution in [0.1, 0.15) is 16.8 Å². The third kappa shape index (κ3) is 3.56. The zero-order chi connectivity index (χ0) is 12.8. The maximum atomic E-state index is 11.5. The van der Waals surface area contributed by atoms with E-state index in [1.807, 2.05) is 42.6 Å². The summed E-state index contributed by atoms with van der Waals surface area (Å²) in [5.74, 6) is 0. The predicted octanol–water partition coefficient (Wildman–Crippen LogP) is 2.88. The summed E-state index contributed by atoms with van der Waals surface area (Å²) in [7, 11) is 0. The Labute approximate surface area is 110 Å². The van der Waals surface area contributed by atoms with Crippen molar-refractivity contribution in [3.8, 4) is 0 Å². The fourth-order valence-corrected chi connectivity index (χ4v) is 2.13. The van der Waals surface area contributed by atoms with Crippen molar-refractivity contribution >= 4 is 17.6 Å². The van der Waals surface area contributed by atoms with Crippen LogP contribution < -0.4 is 5.32 Å². The van der Waals surface area contributed by atoms with Crippen LogP contribution in [0.15, 0.2) is 35.7 Å². The van der Waals surface area contributed by atoms with Crippen LogP contribution in [0.3, 0.4) is 0 Å². The van der Waals surface area contributed by atoms with Crippen LogP contribution in [0, 0.1) is 6.92 Å². The van der Waals surface area contributed by atoms with Gasteiger partial charge in [0, 0.05) is 17.5 Å². The number of aromatic nitrogens is 1. The first-order chi connectivity index (χ1) is 8.75. The van der Waals surface area contributed by atoms with E-state index in [0.717, 1.165) is 16.8 Å². The Bertz CT molecular complexity index is 511. The third-order valence-electron chi connectivity index (χ3n) is 2.49. The highest BCUT2D eigenvalue weighted by Gasteiger charge is 2.05. The van der Waals surface area contributed by atoms with Gasteiger partial charge < -0.3 is 10.1 Å². The van der Waals surface area contributed by atoms with Gasteiger partial charge in [0.15, 0.2) is 0 Å². The highest BCUT2D eigenvalue weighted by molar-refractivity contribution is 7.03. The molecular weight excluding hydrogens is 248 g/mol. The van der Waals surface area contributed by atoms with Crippen molar-refractivity contribution in [1.29, 1.82) is 0 Å². The van der Waals surface area contributed by atoms with Crippen LogP contribution in [0.25, 0.3) is 0 Å². The second-order valence-corrected chi connectivity index (χ2v) is 4.47. The molecule has 4 nitrogen and oxygen atoms in total. The highest BCUT2D eigenvalue weighted by Crippen LogP contribution is 2.08. The van der Waals surface area contributed by atoms with Crippen molar-refractivity contribution in [2.24, 2.45) is 0 Å². The average Bonchev–Trinajstić information content (AvgIpc) is 2.81. The van der Waals surface area contributed by atoms with Crippen molar-refractivity contribution in [3.63, 3.8) is 0 Å². The van der Waals surface area contributed by atoms with E-state index < -0.39 is 6.09 Å². The molecule has 0 spiro atoms. The fourth-order valence-electron chi connectivity index (χ4n) is 1.42. The van der Waals surface area contributed by atoms with Crippen LogP contribution >= 0.6 is 11.5 Å². The number of carbonyl (C=O) groups is 1. The van der Waals surface area contributed by atoms with Gasteiger partial charge in [-0.15, -0.1) is 0 Å². The lowest BCUT2D eigenvalue weighted by Crippen LogP contribution is -2.23. The smallest absolute Gasteiger partial charge is 0.407 e. The molecule has 0 bridgehead atoms. The summed E-state index contributed by atoms with van der Waals surface area (Å²) in [6.45, 7) is 2.66. The van der Waals surface area contributed by atoms with Crippen LogP contribution in [0.2, 0.25) is 0 Å². The van der Waals surface area contributed by atoms with Gasteiger partial charge in [0.05, 0.1) is 5.69 Å². The van der Waals surface area contributed by atoms with Gasteiger partial charge in [0.25, 0.3) is 0 Å². The molecule has 2 aromatic rings. The first kappa shape index (κ1) is 12.6. The molecule has 1 amide bonds. The minimum absolute atomic E-state index is 0.285. The van der Waals surface area contributed by atoms with Gasteiger partial charge in [-0.25, -0.2) is 4.79 Å². The van der Waals surface area contributed by atoms with Crippen molar-refractivity contribution in [1.82, 2.24) is 9.69 Å². The minimum Gasteiger partial charge on any atom is -0.445 e. The van der Waals surface area contributed by atoms with E-state index in [1.54, 1.807) is 0 Å². The predicted molar refractivity (Wildman–Crippen MR) is 70.3 cm³/mol. The number of rotatable bonds is 4. The SMILES string of the molecule is Cc1nscc1CNC(=O)OCc1ccccc1. The van der Waals surface area contributed by atoms with Crippen molar-refractivity contribution in [2.75, 3.05) is 0 Å². The highest BCUT2D eigenvalue weighted by atomic mass is 32.1. The standard InChI is InChI=1S/C13H14N2O2S/c1-10-12(9-18-15-10)7-14-13(16)17-8-11-5-3-2-4-6-11/h2-6,9H,7-8H2,1H3,(H,14,16). The lowest BCUT2D eigenvalue weighted by Gasteiger charge is -2.06. The van der Waals surface area contributed by atoms with E-state index in [2.05, 4.69) is 9.69 Å². The molecule has 0 aliphatic carbocycles. The Balaban J connectivity index is 1.75. The Morgan fingerprint density at radius 3 is 2.83 bits per heavy atom. The molecule has 5 heteroatoms. The summed E-state index contributed by atoms with van der Waals surface area (Å²) < 4.78 is 9.24. The van der Waals surface area contributed by atoms with Crippen LogP contribution in [-0.4, -0.2) is 10.5 Å². The molecule has 1 N–H and O–H groups in total. The Morgan fingerprint density at radius 1 is 1.39 bits per heavy atom. The molecule has 1 heterocycles. The molecule has 0 aliphatic rings. The third-order valence-corrected chi connectivity index (χ3v) is 3.25. The summed E-state index contributed by atoms with van der Waals surface area (Å²) in [6, 6.07) is 9.59. The van der Waals surface area contributed by atoms with Gasteiger partial charge in [-0.2, -0.15) is 4.37 Å². The first-order valence-electron chi connectivity index (χ1n) is 5.60. The number of hydrogen-bond acceptors (Lipinski definition) is 4. The number of benzene rings is 1. The van der Waals surface area contributed by atoms with E-state index in [-0.39, 0.29) is 6.61 Å². The Kier molecular flexibility index (Phi) is 4.30. The van der Waals surface area contributed by atoms with Gasteiger partial charge in [-0.3, -0.25) is 0 Å². The number of carbonyl (C=O) groups excluding carboxylic acids is 1. The van der Waals surface area contributed by atoms with E-state index in [0.29, 0.717) is 6.54 Å². The molecule has 18 heavy (non-hydrogen) atoms. The van der Waals surface area contributed by atoms with Crippen LogP contribution in [-0.2, 0) is 17.9 Å². The summed E-state index contributed by atoms with van der Waals surface area (Å²) >= 11 is 1.39. The lowest BCUT2D eigenvalue weighted by molar-refractivity contribution is 0.139. The fraction of sp³-hybridized carbons (Fsp3) is 0.231. The van der Waals surface area contributed by atoms with Crippen molar-refractivity contribution in [3.05, 3.63) is 52.5 Å². The number of alkyl carbamates (subject to hydrolysis) is 1. The number of nitrogens with one attached hydrogen (secondary N) is 1. The summed E-state index contributed by atoms with van der Waals surface area (Å²) in [4.78, 5) is 11.5.